The van der Waals surface area contributed by atoms with Gasteiger partial charge in [-0.25, -0.2) is 9.78 Å². The van der Waals surface area contributed by atoms with Crippen LogP contribution in [0.15, 0.2) is 36.4 Å². The first-order chi connectivity index (χ1) is 9.10. The van der Waals surface area contributed by atoms with Crippen LogP contribution in [0.4, 0.5) is 0 Å². The van der Waals surface area contributed by atoms with Crippen LogP contribution in [0.3, 0.4) is 0 Å². The van der Waals surface area contributed by atoms with E-state index in [4.69, 9.17) is 9.84 Å². The maximum Gasteiger partial charge on any atom is 0.354 e. The predicted molar refractivity (Wildman–Crippen MR) is 72.5 cm³/mol. The van der Waals surface area contributed by atoms with Crippen molar-refractivity contribution in [1.82, 2.24) is 4.98 Å². The zero-order chi connectivity index (χ0) is 13.8. The van der Waals surface area contributed by atoms with Crippen LogP contribution >= 0.6 is 0 Å². The third-order valence-corrected chi connectivity index (χ3v) is 2.67. The average Bonchev–Trinajstić information content (AvgIpc) is 2.39. The van der Waals surface area contributed by atoms with E-state index in [0.717, 1.165) is 16.9 Å². The summed E-state index contributed by atoms with van der Waals surface area (Å²) in [4.78, 5) is 15.0. The molecule has 1 aromatic heterocycles. The number of rotatable bonds is 4. The van der Waals surface area contributed by atoms with Gasteiger partial charge in [0.15, 0.2) is 0 Å². The van der Waals surface area contributed by atoms with E-state index >= 15 is 0 Å². The van der Waals surface area contributed by atoms with Gasteiger partial charge in [0.25, 0.3) is 0 Å². The van der Waals surface area contributed by atoms with Crippen LogP contribution in [0.1, 0.15) is 23.1 Å². The summed E-state index contributed by atoms with van der Waals surface area (Å²) in [6.45, 7) is 4.33. The first kappa shape index (κ1) is 13.1. The highest BCUT2D eigenvalue weighted by atomic mass is 16.5. The molecule has 0 saturated carbocycles. The zero-order valence-electron chi connectivity index (χ0n) is 10.9. The Kier molecular flexibility index (Phi) is 3.80. The molecule has 1 heterocycles. The molecular formula is C15H15NO3. The third kappa shape index (κ3) is 3.10. The SMILES string of the molecule is CCOc1ccc(-c2cc(C)nc(C(=O)O)c2)cc1. The molecule has 0 amide bonds. The second-order valence-electron chi connectivity index (χ2n) is 4.14. The van der Waals surface area contributed by atoms with Crippen molar-refractivity contribution >= 4 is 5.97 Å². The van der Waals surface area contributed by atoms with Crippen LogP contribution in [0.25, 0.3) is 11.1 Å². The van der Waals surface area contributed by atoms with E-state index in [1.807, 2.05) is 37.3 Å². The maximum absolute atomic E-state index is 11.0. The van der Waals surface area contributed by atoms with Crippen molar-refractivity contribution < 1.29 is 14.6 Å². The van der Waals surface area contributed by atoms with Crippen molar-refractivity contribution in [2.45, 2.75) is 13.8 Å². The number of aromatic nitrogens is 1. The van der Waals surface area contributed by atoms with Crippen LogP contribution in [0.5, 0.6) is 5.75 Å². The average molecular weight is 257 g/mol. The minimum absolute atomic E-state index is 0.0592. The van der Waals surface area contributed by atoms with Gasteiger partial charge in [-0.3, -0.25) is 0 Å². The monoisotopic (exact) mass is 257 g/mol. The first-order valence-electron chi connectivity index (χ1n) is 6.05. The number of aromatic carboxylic acids is 1. The number of aryl methyl sites for hydroxylation is 1. The third-order valence-electron chi connectivity index (χ3n) is 2.67. The highest BCUT2D eigenvalue weighted by Crippen LogP contribution is 2.23. The largest absolute Gasteiger partial charge is 0.494 e. The van der Waals surface area contributed by atoms with Crippen molar-refractivity contribution in [3.8, 4) is 16.9 Å². The van der Waals surface area contributed by atoms with Gasteiger partial charge in [-0.05, 0) is 49.2 Å². The van der Waals surface area contributed by atoms with Gasteiger partial charge < -0.3 is 9.84 Å². The van der Waals surface area contributed by atoms with Gasteiger partial charge in [-0.2, -0.15) is 0 Å². The van der Waals surface area contributed by atoms with Crippen molar-refractivity contribution in [1.29, 1.82) is 0 Å². The number of hydrogen-bond acceptors (Lipinski definition) is 3. The molecule has 0 atom stereocenters. The van der Waals surface area contributed by atoms with Gasteiger partial charge in [-0.15, -0.1) is 0 Å². The summed E-state index contributed by atoms with van der Waals surface area (Å²) < 4.78 is 5.38. The summed E-state index contributed by atoms with van der Waals surface area (Å²) in [5.74, 6) is -0.216. The maximum atomic E-state index is 11.0. The summed E-state index contributed by atoms with van der Waals surface area (Å²) in [6, 6.07) is 11.0. The van der Waals surface area contributed by atoms with Crippen LogP contribution in [0.2, 0.25) is 0 Å². The van der Waals surface area contributed by atoms with Crippen LogP contribution < -0.4 is 4.74 Å². The van der Waals surface area contributed by atoms with E-state index in [1.165, 1.54) is 0 Å². The highest BCUT2D eigenvalue weighted by Gasteiger charge is 2.08. The fraction of sp³-hybridized carbons (Fsp3) is 0.200. The molecule has 0 saturated heterocycles. The topological polar surface area (TPSA) is 59.4 Å². The summed E-state index contributed by atoms with van der Waals surface area (Å²) in [5, 5.41) is 9.01. The molecule has 98 valence electrons. The molecule has 4 heteroatoms. The first-order valence-corrected chi connectivity index (χ1v) is 6.05. The van der Waals surface area contributed by atoms with Crippen LogP contribution in [-0.4, -0.2) is 22.7 Å². The molecule has 4 nitrogen and oxygen atoms in total. The lowest BCUT2D eigenvalue weighted by Gasteiger charge is -2.07. The van der Waals surface area contributed by atoms with Crippen molar-refractivity contribution in [3.05, 3.63) is 47.8 Å². The quantitative estimate of drug-likeness (QED) is 0.914. The molecule has 1 N–H and O–H groups in total. The van der Waals surface area contributed by atoms with E-state index in [2.05, 4.69) is 4.98 Å². The van der Waals surface area contributed by atoms with Gasteiger partial charge in [0.2, 0.25) is 0 Å². The lowest BCUT2D eigenvalue weighted by molar-refractivity contribution is 0.0690. The molecule has 0 aliphatic carbocycles. The fourth-order valence-corrected chi connectivity index (χ4v) is 1.86. The Morgan fingerprint density at radius 3 is 2.47 bits per heavy atom. The lowest BCUT2D eigenvalue weighted by Crippen LogP contribution is -2.01. The summed E-state index contributed by atoms with van der Waals surface area (Å²) in [6.07, 6.45) is 0. The number of carboxylic acid groups (broad SMARTS) is 1. The summed E-state index contributed by atoms with van der Waals surface area (Å²) in [5.41, 5.74) is 2.53. The van der Waals surface area contributed by atoms with Crippen LogP contribution in [0, 0.1) is 6.92 Å². The molecule has 2 rings (SSSR count). The Hall–Kier alpha value is -2.36. The Labute approximate surface area is 111 Å². The molecular weight excluding hydrogens is 242 g/mol. The number of carbonyl (C=O) groups is 1. The molecule has 0 spiro atoms. The number of benzene rings is 1. The Morgan fingerprint density at radius 2 is 1.89 bits per heavy atom. The van der Waals surface area contributed by atoms with E-state index in [0.29, 0.717) is 12.3 Å². The minimum atomic E-state index is -1.02. The normalized spacial score (nSPS) is 10.2. The van der Waals surface area contributed by atoms with Gasteiger partial charge >= 0.3 is 5.97 Å². The second kappa shape index (κ2) is 5.52. The Balaban J connectivity index is 2.38. The zero-order valence-corrected chi connectivity index (χ0v) is 10.9. The van der Waals surface area contributed by atoms with Gasteiger partial charge in [-0.1, -0.05) is 12.1 Å². The van der Waals surface area contributed by atoms with E-state index < -0.39 is 5.97 Å². The van der Waals surface area contributed by atoms with E-state index in [9.17, 15) is 4.79 Å². The lowest BCUT2D eigenvalue weighted by atomic mass is 10.0. The highest BCUT2D eigenvalue weighted by molar-refractivity contribution is 5.87. The standard InChI is InChI=1S/C15H15NO3/c1-3-19-13-6-4-11(5-7-13)12-8-10(2)16-14(9-12)15(17)18/h4-9H,3H2,1-2H3,(H,17,18). The molecule has 2 aromatic rings. The van der Waals surface area contributed by atoms with Gasteiger partial charge in [0, 0.05) is 5.69 Å². The Bertz CT molecular complexity index is 591. The molecule has 0 bridgehead atoms. The van der Waals surface area contributed by atoms with Gasteiger partial charge in [0.05, 0.1) is 6.61 Å². The molecule has 19 heavy (non-hydrogen) atoms. The fourth-order valence-electron chi connectivity index (χ4n) is 1.86. The van der Waals surface area contributed by atoms with E-state index in [-0.39, 0.29) is 5.69 Å². The smallest absolute Gasteiger partial charge is 0.354 e. The number of pyridine rings is 1. The predicted octanol–water partition coefficient (Wildman–Crippen LogP) is 3.15. The van der Waals surface area contributed by atoms with Crippen molar-refractivity contribution in [2.24, 2.45) is 0 Å². The molecule has 0 unspecified atom stereocenters. The van der Waals surface area contributed by atoms with Crippen LogP contribution in [-0.2, 0) is 0 Å². The minimum Gasteiger partial charge on any atom is -0.494 e. The number of carboxylic acids is 1. The molecule has 0 aliphatic rings. The molecule has 0 aliphatic heterocycles. The van der Waals surface area contributed by atoms with E-state index in [1.54, 1.807) is 13.0 Å². The summed E-state index contributed by atoms with van der Waals surface area (Å²) in [7, 11) is 0. The molecule has 0 fully saturated rings. The van der Waals surface area contributed by atoms with Gasteiger partial charge in [0.1, 0.15) is 11.4 Å². The molecule has 1 aromatic carbocycles. The number of ether oxygens (including phenoxy) is 1. The van der Waals surface area contributed by atoms with Crippen molar-refractivity contribution in [2.75, 3.05) is 6.61 Å². The summed E-state index contributed by atoms with van der Waals surface area (Å²) >= 11 is 0. The molecule has 0 radical (unpaired) electrons. The van der Waals surface area contributed by atoms with Crippen molar-refractivity contribution in [3.63, 3.8) is 0 Å². The Morgan fingerprint density at radius 1 is 1.21 bits per heavy atom. The second-order valence-corrected chi connectivity index (χ2v) is 4.14. The number of hydrogen-bond donors (Lipinski definition) is 1. The number of nitrogens with zero attached hydrogens (tertiary/aromatic N) is 1.